The zero-order chi connectivity index (χ0) is 22.5. The predicted octanol–water partition coefficient (Wildman–Crippen LogP) is 3.07. The maximum absolute atomic E-state index is 13.6. The van der Waals surface area contributed by atoms with Crippen molar-refractivity contribution in [3.8, 4) is 0 Å². The third kappa shape index (κ3) is 6.78. The summed E-state index contributed by atoms with van der Waals surface area (Å²) in [5.41, 5.74) is 2.06. The van der Waals surface area contributed by atoms with Gasteiger partial charge in [-0.1, -0.05) is 0 Å². The van der Waals surface area contributed by atoms with Crippen LogP contribution >= 0.6 is 24.0 Å². The molecule has 2 atom stereocenters. The van der Waals surface area contributed by atoms with E-state index in [2.05, 4.69) is 25.7 Å². The number of aromatic nitrogens is 3. The van der Waals surface area contributed by atoms with Crippen molar-refractivity contribution in [2.24, 2.45) is 12.0 Å². The molecular formula is C23H35FIN7O. The smallest absolute Gasteiger partial charge is 0.192 e. The number of guanidine groups is 1. The second-order valence-electron chi connectivity index (χ2n) is 8.76. The van der Waals surface area contributed by atoms with Gasteiger partial charge in [0.05, 0.1) is 6.10 Å². The molecule has 2 aliphatic heterocycles. The Morgan fingerprint density at radius 2 is 2.09 bits per heavy atom. The Labute approximate surface area is 212 Å². The molecular weight excluding hydrogens is 536 g/mol. The lowest BCUT2D eigenvalue weighted by molar-refractivity contribution is 0.113. The highest BCUT2D eigenvalue weighted by molar-refractivity contribution is 14.0. The molecule has 1 aromatic heterocycles. The zero-order valence-corrected chi connectivity index (χ0v) is 22.0. The summed E-state index contributed by atoms with van der Waals surface area (Å²) in [7, 11) is 1.96. The Morgan fingerprint density at radius 1 is 1.24 bits per heavy atom. The first-order valence-electron chi connectivity index (χ1n) is 11.5. The molecule has 2 aliphatic rings. The van der Waals surface area contributed by atoms with Crippen molar-refractivity contribution in [2.75, 3.05) is 31.1 Å². The molecule has 0 bridgehead atoms. The van der Waals surface area contributed by atoms with Crippen molar-refractivity contribution in [1.82, 2.24) is 25.4 Å². The van der Waals surface area contributed by atoms with E-state index in [1.807, 2.05) is 31.5 Å². The molecule has 2 N–H and O–H groups in total. The number of nitrogens with zero attached hydrogens (tertiary/aromatic N) is 5. The molecule has 4 rings (SSSR count). The fourth-order valence-corrected chi connectivity index (χ4v) is 4.39. The average molecular weight is 571 g/mol. The molecule has 0 aliphatic carbocycles. The van der Waals surface area contributed by atoms with Crippen LogP contribution in [0.5, 0.6) is 0 Å². The molecule has 8 nitrogen and oxygen atoms in total. The number of aryl methyl sites for hydroxylation is 2. The number of hydrogen-bond donors (Lipinski definition) is 2. The molecule has 1 aromatic carbocycles. The summed E-state index contributed by atoms with van der Waals surface area (Å²) in [4.78, 5) is 7.13. The second-order valence-corrected chi connectivity index (χ2v) is 8.76. The van der Waals surface area contributed by atoms with Gasteiger partial charge in [-0.3, -0.25) is 0 Å². The van der Waals surface area contributed by atoms with E-state index in [4.69, 9.17) is 9.73 Å². The van der Waals surface area contributed by atoms with Gasteiger partial charge in [-0.25, -0.2) is 9.38 Å². The number of benzene rings is 1. The molecule has 0 amide bonds. The van der Waals surface area contributed by atoms with E-state index in [0.717, 1.165) is 80.8 Å². The van der Waals surface area contributed by atoms with Crippen LogP contribution in [0.1, 0.15) is 42.9 Å². The number of rotatable bonds is 6. The first-order valence-corrected chi connectivity index (χ1v) is 11.5. The topological polar surface area (TPSA) is 79.6 Å². The number of halogens is 2. The number of piperidine rings is 1. The molecule has 2 fully saturated rings. The minimum absolute atomic E-state index is 0. The Bertz CT molecular complexity index is 945. The lowest BCUT2D eigenvalue weighted by Gasteiger charge is -2.36. The number of aliphatic imine (C=N–C) groups is 1. The van der Waals surface area contributed by atoms with E-state index < -0.39 is 0 Å². The molecule has 2 saturated heterocycles. The molecule has 10 heteroatoms. The number of hydrogen-bond acceptors (Lipinski definition) is 5. The van der Waals surface area contributed by atoms with E-state index in [0.29, 0.717) is 6.54 Å². The summed E-state index contributed by atoms with van der Waals surface area (Å²) in [5, 5.41) is 15.4. The third-order valence-corrected chi connectivity index (χ3v) is 6.34. The highest BCUT2D eigenvalue weighted by atomic mass is 127. The second kappa shape index (κ2) is 12.0. The van der Waals surface area contributed by atoms with Gasteiger partial charge < -0.3 is 24.8 Å². The number of nitrogens with one attached hydrogen (secondary N) is 2. The molecule has 2 unspecified atom stereocenters. The molecule has 2 aromatic rings. The largest absolute Gasteiger partial charge is 0.376 e. The van der Waals surface area contributed by atoms with Crippen molar-refractivity contribution in [1.29, 1.82) is 0 Å². The van der Waals surface area contributed by atoms with E-state index in [1.54, 1.807) is 6.07 Å². The summed E-state index contributed by atoms with van der Waals surface area (Å²) in [6.45, 7) is 7.73. The highest BCUT2D eigenvalue weighted by Crippen LogP contribution is 2.24. The van der Waals surface area contributed by atoms with Gasteiger partial charge in [0.2, 0.25) is 0 Å². The van der Waals surface area contributed by atoms with Crippen LogP contribution in [0, 0.1) is 19.7 Å². The first-order chi connectivity index (χ1) is 15.5. The van der Waals surface area contributed by atoms with Crippen LogP contribution in [0.3, 0.4) is 0 Å². The van der Waals surface area contributed by atoms with E-state index in [-0.39, 0.29) is 41.9 Å². The van der Waals surface area contributed by atoms with E-state index in [9.17, 15) is 4.39 Å². The first kappa shape index (κ1) is 25.7. The molecule has 0 saturated carbocycles. The predicted molar refractivity (Wildman–Crippen MR) is 139 cm³/mol. The van der Waals surface area contributed by atoms with Gasteiger partial charge in [0.25, 0.3) is 0 Å². The normalized spacial score (nSPS) is 21.1. The van der Waals surface area contributed by atoms with Crippen LogP contribution < -0.4 is 15.5 Å². The quantitative estimate of drug-likeness (QED) is 0.316. The Morgan fingerprint density at radius 3 is 2.79 bits per heavy atom. The van der Waals surface area contributed by atoms with Gasteiger partial charge in [-0.15, -0.1) is 34.2 Å². The number of ether oxygens (including phenoxy) is 1. The average Bonchev–Trinajstić information content (AvgIpc) is 3.41. The molecule has 3 heterocycles. The summed E-state index contributed by atoms with van der Waals surface area (Å²) < 4.78 is 21.3. The third-order valence-electron chi connectivity index (χ3n) is 6.34. The van der Waals surface area contributed by atoms with Gasteiger partial charge in [-0.2, -0.15) is 0 Å². The van der Waals surface area contributed by atoms with Gasteiger partial charge in [-0.05, 0) is 63.3 Å². The van der Waals surface area contributed by atoms with Crippen LogP contribution in [-0.4, -0.2) is 59.1 Å². The fourth-order valence-electron chi connectivity index (χ4n) is 4.39. The Hall–Kier alpha value is -1.95. The minimum atomic E-state index is -0.190. The number of anilines is 1. The maximum atomic E-state index is 13.6. The van der Waals surface area contributed by atoms with Gasteiger partial charge in [0, 0.05) is 45.0 Å². The minimum Gasteiger partial charge on any atom is -0.376 e. The van der Waals surface area contributed by atoms with Gasteiger partial charge in [0.15, 0.2) is 11.8 Å². The monoisotopic (exact) mass is 571 g/mol. The summed E-state index contributed by atoms with van der Waals surface area (Å²) in [6.07, 6.45) is 4.53. The summed E-state index contributed by atoms with van der Waals surface area (Å²) >= 11 is 0. The van der Waals surface area contributed by atoms with Crippen LogP contribution in [0.25, 0.3) is 0 Å². The van der Waals surface area contributed by atoms with Crippen LogP contribution in [0.4, 0.5) is 10.1 Å². The highest BCUT2D eigenvalue weighted by Gasteiger charge is 2.23. The molecule has 182 valence electrons. The molecule has 0 spiro atoms. The maximum Gasteiger partial charge on any atom is 0.192 e. The molecule has 33 heavy (non-hydrogen) atoms. The van der Waals surface area contributed by atoms with Crippen molar-refractivity contribution >= 4 is 35.6 Å². The van der Waals surface area contributed by atoms with Crippen LogP contribution in [-0.2, 0) is 18.3 Å². The fraction of sp³-hybridized carbons (Fsp3) is 0.609. The van der Waals surface area contributed by atoms with E-state index >= 15 is 0 Å². The van der Waals surface area contributed by atoms with Crippen molar-refractivity contribution in [2.45, 2.75) is 58.2 Å². The summed E-state index contributed by atoms with van der Waals surface area (Å²) in [5.74, 6) is 2.27. The molecule has 0 radical (unpaired) electrons. The van der Waals surface area contributed by atoms with Crippen molar-refractivity contribution in [3.05, 3.63) is 41.2 Å². The van der Waals surface area contributed by atoms with Crippen molar-refractivity contribution in [3.63, 3.8) is 0 Å². The van der Waals surface area contributed by atoms with Gasteiger partial charge >= 0.3 is 0 Å². The van der Waals surface area contributed by atoms with Crippen LogP contribution in [0.2, 0.25) is 0 Å². The lowest BCUT2D eigenvalue weighted by atomic mass is 10.0. The lowest BCUT2D eigenvalue weighted by Crippen LogP contribution is -2.52. The van der Waals surface area contributed by atoms with Gasteiger partial charge in [0.1, 0.15) is 18.2 Å². The zero-order valence-electron chi connectivity index (χ0n) is 19.7. The van der Waals surface area contributed by atoms with Crippen LogP contribution in [0.15, 0.2) is 23.2 Å². The standard InChI is InChI=1S/C23H34FN7O.HI/c1-16-12-18(24)8-9-21(16)31-10-4-6-19(15-31)27-23(25-13-20-7-5-11-32-20)26-14-22-29-28-17(2)30(22)3;/h8-9,12,19-20H,4-7,10-11,13-15H2,1-3H3,(H2,25,26,27);1H. The Balaban J connectivity index is 0.00000306. The Kier molecular flexibility index (Phi) is 9.30. The van der Waals surface area contributed by atoms with Crippen molar-refractivity contribution < 1.29 is 9.13 Å². The SMILES string of the molecule is Cc1cc(F)ccc1N1CCCC(NC(=NCc2nnc(C)n2C)NCC2CCCO2)C1.I. The van der Waals surface area contributed by atoms with E-state index in [1.165, 1.54) is 6.07 Å². The summed E-state index contributed by atoms with van der Waals surface area (Å²) in [6, 6.07) is 5.27.